The molecule has 0 radical (unpaired) electrons. The van der Waals surface area contributed by atoms with E-state index in [0.29, 0.717) is 19.3 Å². The quantitative estimate of drug-likeness (QED) is 0.0262. The molecule has 0 fully saturated rings. The molecule has 0 aromatic heterocycles. The van der Waals surface area contributed by atoms with Gasteiger partial charge in [-0.2, -0.15) is 0 Å². The third kappa shape index (κ3) is 55.6. The van der Waals surface area contributed by atoms with Crippen LogP contribution >= 0.6 is 0 Å². The number of carbonyl (C=O) groups excluding carboxylic acids is 3. The standard InChI is InChI=1S/C63H110O6/c1-4-7-10-13-16-19-22-25-28-31-34-37-40-43-46-49-52-55-61(64)67-58-60(69-63(66)57-54-51-48-45-42-39-36-33-30-27-24-21-18-15-12-9-6-3)59-68-62(65)56-53-50-47-44-41-38-35-32-29-26-23-20-17-14-11-8-5-2/h16,18-19,21,25,27-28,30,34,36-37,39,60H,4-15,17,20,22-24,26,29,31-33,35,38,40-59H2,1-3H3/b19-16-,21-18-,28-25-,30-27-,37-34-,39-36-/t60-/m0/s1. The molecule has 0 aliphatic carbocycles. The van der Waals surface area contributed by atoms with Crippen molar-refractivity contribution in [2.75, 3.05) is 13.2 Å². The predicted molar refractivity (Wildman–Crippen MR) is 298 cm³/mol. The first-order valence-electron chi connectivity index (χ1n) is 29.4. The molecule has 0 rings (SSSR count). The molecule has 0 heterocycles. The van der Waals surface area contributed by atoms with E-state index in [2.05, 4.69) is 93.7 Å². The summed E-state index contributed by atoms with van der Waals surface area (Å²) in [5.41, 5.74) is 0. The van der Waals surface area contributed by atoms with E-state index >= 15 is 0 Å². The summed E-state index contributed by atoms with van der Waals surface area (Å²) in [6.07, 6.45) is 73.1. The van der Waals surface area contributed by atoms with Gasteiger partial charge in [-0.25, -0.2) is 0 Å². The Morgan fingerprint density at radius 2 is 0.522 bits per heavy atom. The van der Waals surface area contributed by atoms with Gasteiger partial charge in [0.05, 0.1) is 0 Å². The van der Waals surface area contributed by atoms with Gasteiger partial charge in [-0.1, -0.05) is 248 Å². The van der Waals surface area contributed by atoms with Crippen molar-refractivity contribution in [3.63, 3.8) is 0 Å². The number of rotatable bonds is 53. The molecule has 69 heavy (non-hydrogen) atoms. The fourth-order valence-corrected chi connectivity index (χ4v) is 8.22. The van der Waals surface area contributed by atoms with Gasteiger partial charge in [-0.15, -0.1) is 0 Å². The molecule has 6 nitrogen and oxygen atoms in total. The molecule has 0 unspecified atom stereocenters. The van der Waals surface area contributed by atoms with E-state index in [0.717, 1.165) is 109 Å². The largest absolute Gasteiger partial charge is 0.462 e. The van der Waals surface area contributed by atoms with E-state index in [4.69, 9.17) is 14.2 Å². The summed E-state index contributed by atoms with van der Waals surface area (Å²) in [7, 11) is 0. The number of allylic oxidation sites excluding steroid dienone is 12. The highest BCUT2D eigenvalue weighted by Gasteiger charge is 2.19. The van der Waals surface area contributed by atoms with Gasteiger partial charge in [-0.05, 0) is 96.3 Å². The molecule has 0 amide bonds. The van der Waals surface area contributed by atoms with Gasteiger partial charge in [0.15, 0.2) is 6.10 Å². The van der Waals surface area contributed by atoms with Crippen LogP contribution in [0.2, 0.25) is 0 Å². The smallest absolute Gasteiger partial charge is 0.306 e. The van der Waals surface area contributed by atoms with E-state index in [1.54, 1.807) is 0 Å². The van der Waals surface area contributed by atoms with Crippen molar-refractivity contribution in [2.24, 2.45) is 0 Å². The van der Waals surface area contributed by atoms with E-state index < -0.39 is 6.10 Å². The van der Waals surface area contributed by atoms with Crippen LogP contribution in [0.5, 0.6) is 0 Å². The predicted octanol–water partition coefficient (Wildman–Crippen LogP) is 19.8. The van der Waals surface area contributed by atoms with Crippen LogP contribution in [0.15, 0.2) is 72.9 Å². The summed E-state index contributed by atoms with van der Waals surface area (Å²) in [6, 6.07) is 0. The van der Waals surface area contributed by atoms with Crippen LogP contribution in [0.3, 0.4) is 0 Å². The third-order valence-electron chi connectivity index (χ3n) is 12.7. The van der Waals surface area contributed by atoms with Gasteiger partial charge in [-0.3, -0.25) is 14.4 Å². The average molecular weight is 964 g/mol. The number of unbranched alkanes of at least 4 members (excludes halogenated alkanes) is 30. The highest BCUT2D eigenvalue weighted by Crippen LogP contribution is 2.16. The second kappa shape index (κ2) is 57.4. The molecular formula is C63H110O6. The van der Waals surface area contributed by atoms with E-state index in [9.17, 15) is 14.4 Å². The lowest BCUT2D eigenvalue weighted by molar-refractivity contribution is -0.167. The molecule has 0 N–H and O–H groups in total. The minimum Gasteiger partial charge on any atom is -0.462 e. The maximum atomic E-state index is 12.9. The molecule has 398 valence electrons. The van der Waals surface area contributed by atoms with Crippen LogP contribution in [0.1, 0.15) is 290 Å². The van der Waals surface area contributed by atoms with Crippen molar-refractivity contribution in [3.8, 4) is 0 Å². The number of esters is 3. The first-order valence-corrected chi connectivity index (χ1v) is 29.4. The Kier molecular flexibility index (Phi) is 54.8. The zero-order valence-electron chi connectivity index (χ0n) is 45.6. The van der Waals surface area contributed by atoms with Gasteiger partial charge in [0.1, 0.15) is 13.2 Å². The van der Waals surface area contributed by atoms with Crippen LogP contribution in [0, 0.1) is 0 Å². The van der Waals surface area contributed by atoms with Crippen LogP contribution in [-0.4, -0.2) is 37.2 Å². The van der Waals surface area contributed by atoms with Crippen molar-refractivity contribution in [1.29, 1.82) is 0 Å². The normalized spacial score (nSPS) is 12.6. The molecular weight excluding hydrogens is 853 g/mol. The summed E-state index contributed by atoms with van der Waals surface area (Å²) in [5, 5.41) is 0. The molecule has 0 spiro atoms. The summed E-state index contributed by atoms with van der Waals surface area (Å²) in [6.45, 7) is 6.57. The van der Waals surface area contributed by atoms with Gasteiger partial charge >= 0.3 is 17.9 Å². The molecule has 1 atom stereocenters. The van der Waals surface area contributed by atoms with Crippen molar-refractivity contribution in [3.05, 3.63) is 72.9 Å². The van der Waals surface area contributed by atoms with Crippen LogP contribution in [0.4, 0.5) is 0 Å². The molecule has 0 aromatic rings. The summed E-state index contributed by atoms with van der Waals surface area (Å²) in [5.74, 6) is -0.923. The van der Waals surface area contributed by atoms with E-state index in [1.165, 1.54) is 141 Å². The number of hydrogen-bond acceptors (Lipinski definition) is 6. The molecule has 0 aliphatic heterocycles. The monoisotopic (exact) mass is 963 g/mol. The Morgan fingerprint density at radius 3 is 0.841 bits per heavy atom. The zero-order chi connectivity index (χ0) is 50.0. The third-order valence-corrected chi connectivity index (χ3v) is 12.7. The minimum absolute atomic E-state index is 0.0897. The number of ether oxygens (including phenoxy) is 3. The van der Waals surface area contributed by atoms with Crippen LogP contribution < -0.4 is 0 Å². The minimum atomic E-state index is -0.796. The number of carbonyl (C=O) groups is 3. The zero-order valence-corrected chi connectivity index (χ0v) is 45.6. The maximum absolute atomic E-state index is 12.9. The Hall–Kier alpha value is -3.15. The second-order valence-electron chi connectivity index (χ2n) is 19.6. The Morgan fingerprint density at radius 1 is 0.290 bits per heavy atom. The van der Waals surface area contributed by atoms with Crippen molar-refractivity contribution >= 4 is 17.9 Å². The van der Waals surface area contributed by atoms with E-state index in [1.807, 2.05) is 0 Å². The van der Waals surface area contributed by atoms with Gasteiger partial charge in [0.2, 0.25) is 0 Å². The average Bonchev–Trinajstić information content (AvgIpc) is 3.35. The highest BCUT2D eigenvalue weighted by molar-refractivity contribution is 5.71. The fourth-order valence-electron chi connectivity index (χ4n) is 8.22. The highest BCUT2D eigenvalue weighted by atomic mass is 16.6. The molecule has 0 saturated heterocycles. The first kappa shape index (κ1) is 65.8. The molecule has 0 aliphatic rings. The Balaban J connectivity index is 4.45. The Bertz CT molecular complexity index is 1290. The van der Waals surface area contributed by atoms with Gasteiger partial charge < -0.3 is 14.2 Å². The fraction of sp³-hybridized carbons (Fsp3) is 0.762. The second-order valence-corrected chi connectivity index (χ2v) is 19.6. The first-order chi connectivity index (χ1) is 34.0. The number of hydrogen-bond donors (Lipinski definition) is 0. The van der Waals surface area contributed by atoms with Gasteiger partial charge in [0.25, 0.3) is 0 Å². The van der Waals surface area contributed by atoms with Gasteiger partial charge in [0, 0.05) is 19.3 Å². The van der Waals surface area contributed by atoms with Crippen LogP contribution in [0.25, 0.3) is 0 Å². The lowest BCUT2D eigenvalue weighted by Crippen LogP contribution is -2.30. The van der Waals surface area contributed by atoms with Crippen molar-refractivity contribution < 1.29 is 28.6 Å². The van der Waals surface area contributed by atoms with E-state index in [-0.39, 0.29) is 31.1 Å². The topological polar surface area (TPSA) is 78.9 Å². The summed E-state index contributed by atoms with van der Waals surface area (Å²) in [4.78, 5) is 38.2. The SMILES string of the molecule is CCCCC/C=C\C/C=C\C/C=C\CCCCCCC(=O)OC[C@@H](COC(=O)CCCCCCCCCCCCCCCCCCC)OC(=O)CCCCCC/C=C\C/C=C\C/C=C\CCCCC. The molecule has 6 heteroatoms. The lowest BCUT2D eigenvalue weighted by Gasteiger charge is -2.18. The lowest BCUT2D eigenvalue weighted by atomic mass is 10.0. The van der Waals surface area contributed by atoms with Crippen molar-refractivity contribution in [1.82, 2.24) is 0 Å². The summed E-state index contributed by atoms with van der Waals surface area (Å²) >= 11 is 0. The summed E-state index contributed by atoms with van der Waals surface area (Å²) < 4.78 is 16.9. The molecule has 0 bridgehead atoms. The van der Waals surface area contributed by atoms with Crippen LogP contribution in [-0.2, 0) is 28.6 Å². The molecule has 0 aromatic carbocycles. The van der Waals surface area contributed by atoms with Crippen molar-refractivity contribution in [2.45, 2.75) is 297 Å². The maximum Gasteiger partial charge on any atom is 0.306 e. The Labute approximate surface area is 427 Å². The molecule has 0 saturated carbocycles.